The minimum absolute atomic E-state index is 0.244. The van der Waals surface area contributed by atoms with Crippen LogP contribution in [0.2, 0.25) is 0 Å². The maximum atomic E-state index is 11.4. The van der Waals surface area contributed by atoms with Crippen LogP contribution in [0, 0.1) is 6.92 Å². The Morgan fingerprint density at radius 3 is 2.31 bits per heavy atom. The first-order chi connectivity index (χ1) is 12.5. The minimum atomic E-state index is -0.982. The Morgan fingerprint density at radius 1 is 1.12 bits per heavy atom. The number of ether oxygens (including phenoxy) is 3. The number of methoxy groups -OCH3 is 3. The van der Waals surface area contributed by atoms with E-state index in [-0.39, 0.29) is 4.88 Å². The van der Waals surface area contributed by atoms with Crippen LogP contribution in [-0.4, -0.2) is 42.4 Å². The molecule has 0 aliphatic heterocycles. The number of hydrogen-bond donors (Lipinski definition) is 2. The zero-order valence-electron chi connectivity index (χ0n) is 14.6. The van der Waals surface area contributed by atoms with Crippen molar-refractivity contribution in [2.45, 2.75) is 6.92 Å². The number of thiophene rings is 1. The van der Waals surface area contributed by atoms with Gasteiger partial charge in [-0.2, -0.15) is 0 Å². The van der Waals surface area contributed by atoms with Crippen LogP contribution in [0.25, 0.3) is 10.2 Å². The maximum Gasteiger partial charge on any atom is 0.346 e. The van der Waals surface area contributed by atoms with Gasteiger partial charge < -0.3 is 24.6 Å². The number of hydrogen-bond acceptors (Lipinski definition) is 8. The number of nitrogens with zero attached hydrogens (tertiary/aromatic N) is 2. The lowest BCUT2D eigenvalue weighted by molar-refractivity contribution is 0.0701. The average Bonchev–Trinajstić information content (AvgIpc) is 2.98. The molecule has 0 aliphatic carbocycles. The van der Waals surface area contributed by atoms with Gasteiger partial charge in [-0.3, -0.25) is 0 Å². The number of anilines is 2. The number of nitrogens with one attached hydrogen (secondary N) is 1. The third-order valence-corrected chi connectivity index (χ3v) is 5.04. The number of fused-ring (bicyclic) bond motifs is 1. The normalized spacial score (nSPS) is 10.6. The highest BCUT2D eigenvalue weighted by molar-refractivity contribution is 7.20. The summed E-state index contributed by atoms with van der Waals surface area (Å²) in [5.74, 6) is 0.990. The van der Waals surface area contributed by atoms with Crippen molar-refractivity contribution in [3.8, 4) is 17.2 Å². The first-order valence-electron chi connectivity index (χ1n) is 7.54. The fraction of sp³-hybridized carbons (Fsp3) is 0.235. The molecule has 0 saturated heterocycles. The van der Waals surface area contributed by atoms with Gasteiger partial charge in [0.15, 0.2) is 11.5 Å². The molecule has 0 bridgehead atoms. The molecule has 0 spiro atoms. The number of carbonyl (C=O) groups is 1. The molecule has 0 radical (unpaired) electrons. The van der Waals surface area contributed by atoms with Crippen LogP contribution in [-0.2, 0) is 0 Å². The number of benzene rings is 1. The number of carboxylic acids is 1. The molecule has 9 heteroatoms. The number of carboxylic acid groups (broad SMARTS) is 1. The molecule has 3 rings (SSSR count). The summed E-state index contributed by atoms with van der Waals surface area (Å²) < 4.78 is 16.0. The lowest BCUT2D eigenvalue weighted by Gasteiger charge is -2.15. The molecule has 8 nitrogen and oxygen atoms in total. The molecule has 26 heavy (non-hydrogen) atoms. The fourth-order valence-electron chi connectivity index (χ4n) is 2.66. The highest BCUT2D eigenvalue weighted by Gasteiger charge is 2.20. The van der Waals surface area contributed by atoms with Crippen molar-refractivity contribution >= 4 is 39.0 Å². The van der Waals surface area contributed by atoms with Gasteiger partial charge in [0.1, 0.15) is 21.9 Å². The van der Waals surface area contributed by atoms with Gasteiger partial charge in [-0.05, 0) is 12.5 Å². The van der Waals surface area contributed by atoms with Crippen molar-refractivity contribution in [3.05, 3.63) is 28.9 Å². The first-order valence-corrected chi connectivity index (χ1v) is 8.36. The predicted octanol–water partition coefficient (Wildman–Crippen LogP) is 3.47. The third-order valence-electron chi connectivity index (χ3n) is 3.85. The summed E-state index contributed by atoms with van der Waals surface area (Å²) in [6, 6.07) is 3.49. The molecule has 0 fully saturated rings. The van der Waals surface area contributed by atoms with E-state index in [1.807, 2.05) is 0 Å². The van der Waals surface area contributed by atoms with E-state index in [0.717, 1.165) is 11.3 Å². The smallest absolute Gasteiger partial charge is 0.346 e. The molecule has 0 amide bonds. The fourth-order valence-corrected chi connectivity index (χ4v) is 3.65. The van der Waals surface area contributed by atoms with E-state index in [9.17, 15) is 9.90 Å². The summed E-state index contributed by atoms with van der Waals surface area (Å²) in [4.78, 5) is 20.7. The quantitative estimate of drug-likeness (QED) is 0.675. The Hall–Kier alpha value is -3.07. The van der Waals surface area contributed by atoms with E-state index in [1.54, 1.807) is 19.1 Å². The van der Waals surface area contributed by atoms with Gasteiger partial charge >= 0.3 is 5.97 Å². The molecular formula is C17H17N3O5S. The summed E-state index contributed by atoms with van der Waals surface area (Å²) in [6.45, 7) is 1.74. The molecule has 3 aromatic rings. The second-order valence-corrected chi connectivity index (χ2v) is 6.30. The van der Waals surface area contributed by atoms with Gasteiger partial charge in [-0.15, -0.1) is 11.3 Å². The van der Waals surface area contributed by atoms with Crippen LogP contribution < -0.4 is 19.5 Å². The third kappa shape index (κ3) is 2.97. The molecule has 0 atom stereocenters. The number of aromatic carboxylic acids is 1. The zero-order valence-corrected chi connectivity index (χ0v) is 15.4. The van der Waals surface area contributed by atoms with Crippen molar-refractivity contribution in [1.82, 2.24) is 9.97 Å². The average molecular weight is 375 g/mol. The molecule has 0 saturated carbocycles. The molecule has 2 aromatic heterocycles. The highest BCUT2D eigenvalue weighted by atomic mass is 32.1. The van der Waals surface area contributed by atoms with Gasteiger partial charge in [0.05, 0.1) is 26.7 Å². The second-order valence-electron chi connectivity index (χ2n) is 5.30. The van der Waals surface area contributed by atoms with Crippen molar-refractivity contribution in [1.29, 1.82) is 0 Å². The Morgan fingerprint density at radius 2 is 1.77 bits per heavy atom. The van der Waals surface area contributed by atoms with Crippen molar-refractivity contribution in [2.24, 2.45) is 0 Å². The topological polar surface area (TPSA) is 103 Å². The molecule has 2 N–H and O–H groups in total. The van der Waals surface area contributed by atoms with Crippen molar-refractivity contribution < 1.29 is 24.1 Å². The Kier molecular flexibility index (Phi) is 4.81. The molecule has 2 heterocycles. The van der Waals surface area contributed by atoms with Crippen LogP contribution in [0.1, 0.15) is 15.2 Å². The monoisotopic (exact) mass is 375 g/mol. The Labute approximate surface area is 153 Å². The Bertz CT molecular complexity index is 961. The summed E-state index contributed by atoms with van der Waals surface area (Å²) in [5, 5.41) is 13.2. The van der Waals surface area contributed by atoms with Gasteiger partial charge in [-0.1, -0.05) is 0 Å². The van der Waals surface area contributed by atoms with Crippen molar-refractivity contribution in [2.75, 3.05) is 26.6 Å². The molecule has 0 aliphatic rings. The summed E-state index contributed by atoms with van der Waals surface area (Å²) >= 11 is 1.12. The number of aromatic nitrogens is 2. The van der Waals surface area contributed by atoms with E-state index in [2.05, 4.69) is 15.3 Å². The van der Waals surface area contributed by atoms with E-state index in [1.165, 1.54) is 27.7 Å². The molecule has 0 unspecified atom stereocenters. The maximum absolute atomic E-state index is 11.4. The first kappa shape index (κ1) is 17.7. The summed E-state index contributed by atoms with van der Waals surface area (Å²) in [6.07, 6.45) is 1.39. The Balaban J connectivity index is 2.11. The predicted molar refractivity (Wildman–Crippen MR) is 98.5 cm³/mol. The zero-order chi connectivity index (χ0) is 18.8. The molecule has 1 aromatic carbocycles. The molecular weight excluding hydrogens is 358 g/mol. The second kappa shape index (κ2) is 7.04. The SMILES string of the molecule is COc1cc(Nc2ncnc3sc(C(=O)O)c(C)c23)cc(OC)c1OC. The summed E-state index contributed by atoms with van der Waals surface area (Å²) in [7, 11) is 4.60. The van der Waals surface area contributed by atoms with E-state index < -0.39 is 5.97 Å². The van der Waals surface area contributed by atoms with Crippen LogP contribution >= 0.6 is 11.3 Å². The van der Waals surface area contributed by atoms with E-state index in [4.69, 9.17) is 14.2 Å². The van der Waals surface area contributed by atoms with Crippen LogP contribution in [0.5, 0.6) is 17.2 Å². The van der Waals surface area contributed by atoms with Crippen molar-refractivity contribution in [3.63, 3.8) is 0 Å². The van der Waals surface area contributed by atoms with Crippen LogP contribution in [0.15, 0.2) is 18.5 Å². The van der Waals surface area contributed by atoms with E-state index in [0.29, 0.717) is 44.5 Å². The summed E-state index contributed by atoms with van der Waals surface area (Å²) in [5.41, 5.74) is 1.27. The minimum Gasteiger partial charge on any atom is -0.493 e. The largest absolute Gasteiger partial charge is 0.493 e. The highest BCUT2D eigenvalue weighted by Crippen LogP contribution is 2.41. The van der Waals surface area contributed by atoms with Gasteiger partial charge in [0.2, 0.25) is 5.75 Å². The number of aryl methyl sites for hydroxylation is 1. The lowest BCUT2D eigenvalue weighted by atomic mass is 10.2. The van der Waals surface area contributed by atoms with Gasteiger partial charge in [0, 0.05) is 17.8 Å². The molecule has 136 valence electrons. The van der Waals surface area contributed by atoms with Crippen LogP contribution in [0.3, 0.4) is 0 Å². The standard InChI is InChI=1S/C17H17N3O5S/c1-8-12-15(18-7-19-16(12)26-14(8)17(21)22)20-9-5-10(23-2)13(25-4)11(6-9)24-3/h5-7H,1-4H3,(H,21,22)(H,18,19,20). The van der Waals surface area contributed by atoms with Gasteiger partial charge in [-0.25, -0.2) is 14.8 Å². The lowest BCUT2D eigenvalue weighted by Crippen LogP contribution is -2.00. The van der Waals surface area contributed by atoms with Gasteiger partial charge in [0.25, 0.3) is 0 Å². The van der Waals surface area contributed by atoms with E-state index >= 15 is 0 Å². The van der Waals surface area contributed by atoms with Crippen LogP contribution in [0.4, 0.5) is 11.5 Å². The number of rotatable bonds is 6.